The molecule has 0 radical (unpaired) electrons. The molecule has 1 aliphatic heterocycles. The molecule has 1 aromatic carbocycles. The highest BCUT2D eigenvalue weighted by Crippen LogP contribution is 2.27. The lowest BCUT2D eigenvalue weighted by molar-refractivity contribution is 0.0925. The number of piperazine rings is 1. The number of carbonyl (C=O) groups excluding carboxylic acids is 1. The number of hydrogen-bond donors (Lipinski definition) is 1. The number of Topliss-reactive ketones (excluding diaryl/α,β-unsaturated/α-hetero) is 1. The van der Waals surface area contributed by atoms with E-state index in [0.29, 0.717) is 18.9 Å². The molecule has 6 heteroatoms. The van der Waals surface area contributed by atoms with Crippen LogP contribution in [0.1, 0.15) is 34.7 Å². The maximum Gasteiger partial charge on any atom is 0.178 e. The van der Waals surface area contributed by atoms with Crippen LogP contribution in [0.25, 0.3) is 0 Å². The first-order valence-corrected chi connectivity index (χ1v) is 9.88. The molecule has 28 heavy (non-hydrogen) atoms. The number of anilines is 1. The number of nitrogens with zero attached hydrogens (tertiary/aromatic N) is 3. The van der Waals surface area contributed by atoms with Gasteiger partial charge in [0.25, 0.3) is 0 Å². The molecule has 1 fully saturated rings. The fraction of sp³-hybridized carbons (Fsp3) is 0.500. The number of aromatic nitrogens is 1. The average molecular weight is 386 g/mol. The van der Waals surface area contributed by atoms with Gasteiger partial charge in [0.15, 0.2) is 5.78 Å². The van der Waals surface area contributed by atoms with E-state index in [4.69, 9.17) is 4.74 Å². The minimum absolute atomic E-state index is 0.167. The third kappa shape index (κ3) is 4.23. The zero-order chi connectivity index (χ0) is 20.3. The van der Waals surface area contributed by atoms with Crippen molar-refractivity contribution in [1.82, 2.24) is 9.47 Å². The van der Waals surface area contributed by atoms with E-state index >= 15 is 0 Å². The van der Waals surface area contributed by atoms with Crippen LogP contribution in [0.15, 0.2) is 30.3 Å². The van der Waals surface area contributed by atoms with Gasteiger partial charge in [0, 0.05) is 50.2 Å². The lowest BCUT2D eigenvalue weighted by Crippen LogP contribution is -2.48. The smallest absolute Gasteiger partial charge is 0.178 e. The Morgan fingerprint density at radius 2 is 1.86 bits per heavy atom. The molecule has 1 N–H and O–H groups in total. The van der Waals surface area contributed by atoms with E-state index in [1.165, 1.54) is 0 Å². The number of methoxy groups -OCH3 is 1. The predicted molar refractivity (Wildman–Crippen MR) is 112 cm³/mol. The summed E-state index contributed by atoms with van der Waals surface area (Å²) < 4.78 is 7.47. The molecule has 152 valence electrons. The fourth-order valence-corrected chi connectivity index (χ4v) is 4.22. The predicted octanol–water partition coefficient (Wildman–Crippen LogP) is 3.02. The van der Waals surface area contributed by atoms with E-state index in [2.05, 4.69) is 21.3 Å². The number of hydrogen-bond acceptors (Lipinski definition) is 5. The van der Waals surface area contributed by atoms with E-state index < -0.39 is 0 Å². The van der Waals surface area contributed by atoms with Gasteiger partial charge in [-0.05, 0) is 39.0 Å². The third-order valence-corrected chi connectivity index (χ3v) is 5.60. The summed E-state index contributed by atoms with van der Waals surface area (Å²) in [5.41, 5.74) is 3.78. The van der Waals surface area contributed by atoms with Gasteiger partial charge in [-0.3, -0.25) is 9.69 Å². The zero-order valence-corrected chi connectivity index (χ0v) is 17.3. The summed E-state index contributed by atoms with van der Waals surface area (Å²) in [5, 5.41) is 10.0. The highest BCUT2D eigenvalue weighted by molar-refractivity contribution is 5.99. The van der Waals surface area contributed by atoms with Crippen molar-refractivity contribution in [2.75, 3.05) is 51.3 Å². The van der Waals surface area contributed by atoms with Crippen molar-refractivity contribution >= 4 is 11.5 Å². The Labute approximate surface area is 167 Å². The number of phenolic OH excluding ortho intramolecular Hbond substituents is 1. The van der Waals surface area contributed by atoms with Crippen molar-refractivity contribution in [3.63, 3.8) is 0 Å². The zero-order valence-electron chi connectivity index (χ0n) is 17.3. The lowest BCUT2D eigenvalue weighted by Gasteiger charge is -2.36. The second kappa shape index (κ2) is 8.80. The molecule has 1 atom stereocenters. The minimum atomic E-state index is 0.167. The summed E-state index contributed by atoms with van der Waals surface area (Å²) in [4.78, 5) is 17.3. The number of carbonyl (C=O) groups is 1. The van der Waals surface area contributed by atoms with E-state index in [-0.39, 0.29) is 11.8 Å². The molecule has 1 aromatic heterocycles. The summed E-state index contributed by atoms with van der Waals surface area (Å²) in [5.74, 6) is 0.476. The lowest BCUT2D eigenvalue weighted by atomic mass is 10.1. The second-order valence-corrected chi connectivity index (χ2v) is 7.63. The van der Waals surface area contributed by atoms with Crippen LogP contribution in [0.5, 0.6) is 5.75 Å². The summed E-state index contributed by atoms with van der Waals surface area (Å²) in [6.45, 7) is 10.4. The molecular formula is C22H31N3O3. The van der Waals surface area contributed by atoms with E-state index in [0.717, 1.165) is 48.8 Å². The van der Waals surface area contributed by atoms with Crippen LogP contribution in [-0.2, 0) is 4.74 Å². The van der Waals surface area contributed by atoms with Gasteiger partial charge >= 0.3 is 0 Å². The molecule has 0 saturated carbocycles. The summed E-state index contributed by atoms with van der Waals surface area (Å²) in [6.07, 6.45) is 0. The molecule has 0 unspecified atom stereocenters. The molecule has 1 aliphatic rings. The number of benzene rings is 1. The molecule has 1 saturated heterocycles. The molecule has 2 aromatic rings. The van der Waals surface area contributed by atoms with E-state index in [9.17, 15) is 9.90 Å². The minimum Gasteiger partial charge on any atom is -0.506 e. The maximum absolute atomic E-state index is 12.9. The summed E-state index contributed by atoms with van der Waals surface area (Å²) in [6, 6.07) is 9.62. The molecule has 3 rings (SSSR count). The first-order chi connectivity index (χ1) is 13.4. The van der Waals surface area contributed by atoms with Crippen LogP contribution in [0.3, 0.4) is 0 Å². The summed E-state index contributed by atoms with van der Waals surface area (Å²) in [7, 11) is 1.70. The number of aromatic hydroxyl groups is 1. The number of ketones is 1. The Morgan fingerprint density at radius 3 is 2.50 bits per heavy atom. The van der Waals surface area contributed by atoms with Crippen molar-refractivity contribution in [1.29, 1.82) is 0 Å². The molecule has 6 nitrogen and oxygen atoms in total. The highest BCUT2D eigenvalue weighted by atomic mass is 16.5. The highest BCUT2D eigenvalue weighted by Gasteiger charge is 2.24. The molecule has 0 bridgehead atoms. The average Bonchev–Trinajstić information content (AvgIpc) is 2.97. The largest absolute Gasteiger partial charge is 0.506 e. The Bertz CT molecular complexity index is 822. The molecule has 0 amide bonds. The molecule has 2 heterocycles. The van der Waals surface area contributed by atoms with Gasteiger partial charge < -0.3 is 19.3 Å². The van der Waals surface area contributed by atoms with Crippen LogP contribution < -0.4 is 4.90 Å². The molecule has 0 spiro atoms. The van der Waals surface area contributed by atoms with Crippen LogP contribution in [-0.4, -0.2) is 66.8 Å². The summed E-state index contributed by atoms with van der Waals surface area (Å²) >= 11 is 0. The Balaban J connectivity index is 1.62. The van der Waals surface area contributed by atoms with Gasteiger partial charge in [-0.15, -0.1) is 0 Å². The second-order valence-electron chi connectivity index (χ2n) is 7.63. The normalized spacial score (nSPS) is 16.4. The first kappa shape index (κ1) is 20.4. The van der Waals surface area contributed by atoms with Crippen molar-refractivity contribution in [2.24, 2.45) is 0 Å². The maximum atomic E-state index is 12.9. The van der Waals surface area contributed by atoms with Gasteiger partial charge in [0.05, 0.1) is 24.9 Å². The van der Waals surface area contributed by atoms with Gasteiger partial charge in [-0.2, -0.15) is 0 Å². The monoisotopic (exact) mass is 385 g/mol. The van der Waals surface area contributed by atoms with Crippen molar-refractivity contribution in [3.8, 4) is 5.75 Å². The van der Waals surface area contributed by atoms with Gasteiger partial charge in [0.2, 0.25) is 0 Å². The standard InChI is InChI=1S/C22H31N3O3/c1-16-13-19(18(3)25(16)17(2)15-28-4)22(27)14-23-9-11-24(12-10-23)20-7-5-6-8-21(20)26/h5-8,13,17,26H,9-12,14-15H2,1-4H3/t17-/m0/s1. The fourth-order valence-electron chi connectivity index (χ4n) is 4.22. The Kier molecular flexibility index (Phi) is 6.42. The van der Waals surface area contributed by atoms with Crippen molar-refractivity contribution < 1.29 is 14.6 Å². The quantitative estimate of drug-likeness (QED) is 0.743. The van der Waals surface area contributed by atoms with E-state index in [1.807, 2.05) is 38.1 Å². The third-order valence-electron chi connectivity index (χ3n) is 5.60. The van der Waals surface area contributed by atoms with E-state index in [1.54, 1.807) is 13.2 Å². The Morgan fingerprint density at radius 1 is 1.18 bits per heavy atom. The van der Waals surface area contributed by atoms with Crippen LogP contribution in [0.4, 0.5) is 5.69 Å². The number of aryl methyl sites for hydroxylation is 1. The molecule has 0 aliphatic carbocycles. The number of phenols is 1. The van der Waals surface area contributed by atoms with Gasteiger partial charge in [-0.1, -0.05) is 12.1 Å². The van der Waals surface area contributed by atoms with Crippen molar-refractivity contribution in [3.05, 3.63) is 47.3 Å². The van der Waals surface area contributed by atoms with Crippen molar-refractivity contribution in [2.45, 2.75) is 26.8 Å². The Hall–Kier alpha value is -2.31. The van der Waals surface area contributed by atoms with Crippen LogP contribution in [0, 0.1) is 13.8 Å². The number of ether oxygens (including phenoxy) is 1. The SMILES string of the molecule is COC[C@H](C)n1c(C)cc(C(=O)CN2CCN(c3ccccc3O)CC2)c1C. The van der Waals surface area contributed by atoms with Gasteiger partial charge in [0.1, 0.15) is 5.75 Å². The molecular weight excluding hydrogens is 354 g/mol. The van der Waals surface area contributed by atoms with Crippen LogP contribution >= 0.6 is 0 Å². The number of rotatable bonds is 7. The van der Waals surface area contributed by atoms with Gasteiger partial charge in [-0.25, -0.2) is 0 Å². The first-order valence-electron chi connectivity index (χ1n) is 9.88. The topological polar surface area (TPSA) is 57.9 Å². The van der Waals surface area contributed by atoms with Crippen LogP contribution in [0.2, 0.25) is 0 Å². The number of para-hydroxylation sites is 2.